The van der Waals surface area contributed by atoms with Crippen LogP contribution in [0, 0.1) is 5.92 Å². The molecule has 3 aromatic rings. The Morgan fingerprint density at radius 1 is 1.09 bits per heavy atom. The van der Waals surface area contributed by atoms with Gasteiger partial charge in [-0.2, -0.15) is 5.10 Å². The fraction of sp³-hybridized carbons (Fsp3) is 0.292. The zero-order valence-electron chi connectivity index (χ0n) is 19.1. The number of carbonyl (C=O) groups is 3. The lowest BCUT2D eigenvalue weighted by molar-refractivity contribution is -0.136. The lowest BCUT2D eigenvalue weighted by atomic mass is 10.1. The maximum Gasteiger partial charge on any atom is 0.359 e. The second-order valence-electron chi connectivity index (χ2n) is 8.13. The van der Waals surface area contributed by atoms with Crippen LogP contribution < -0.4 is 10.9 Å². The molecule has 1 N–H and O–H groups in total. The molecule has 0 atom stereocenters. The first-order valence-electron chi connectivity index (χ1n) is 10.6. The van der Waals surface area contributed by atoms with E-state index in [1.807, 2.05) is 13.8 Å². The van der Waals surface area contributed by atoms with Crippen molar-refractivity contribution >= 4 is 45.8 Å². The predicted octanol–water partition coefficient (Wildman–Crippen LogP) is 2.96. The number of likely N-dealkylation sites (N-methyl/N-ethyl adjacent to an activating group) is 1. The average molecular weight is 485 g/mol. The average Bonchev–Trinajstić information content (AvgIpc) is 2.80. The molecule has 1 aromatic heterocycles. The third-order valence-corrected chi connectivity index (χ3v) is 5.21. The Hall–Kier alpha value is -3.72. The number of carbonyl (C=O) groups excluding carboxylic acids is 3. The number of rotatable bonds is 8. The molecule has 34 heavy (non-hydrogen) atoms. The second-order valence-corrected chi connectivity index (χ2v) is 8.54. The minimum absolute atomic E-state index is 0.0530. The molecule has 0 spiro atoms. The largest absolute Gasteiger partial charge is 0.451 e. The Morgan fingerprint density at radius 3 is 2.41 bits per heavy atom. The number of hydrogen-bond acceptors (Lipinski definition) is 6. The molecule has 0 saturated carbocycles. The van der Waals surface area contributed by atoms with Gasteiger partial charge in [0.05, 0.1) is 22.6 Å². The lowest BCUT2D eigenvalue weighted by Gasteiger charge is -2.17. The zero-order valence-corrected chi connectivity index (χ0v) is 19.8. The van der Waals surface area contributed by atoms with Crippen molar-refractivity contribution in [3.63, 3.8) is 0 Å². The van der Waals surface area contributed by atoms with E-state index in [1.54, 1.807) is 48.5 Å². The van der Waals surface area contributed by atoms with Crippen LogP contribution in [0.15, 0.2) is 53.3 Å². The van der Waals surface area contributed by atoms with Gasteiger partial charge in [0.1, 0.15) is 0 Å². The second kappa shape index (κ2) is 10.9. The smallest absolute Gasteiger partial charge is 0.359 e. The Kier molecular flexibility index (Phi) is 8.01. The molecule has 0 aliphatic carbocycles. The summed E-state index contributed by atoms with van der Waals surface area (Å²) in [5, 5.41) is 7.87. The quantitative estimate of drug-likeness (QED) is 0.492. The molecule has 2 aromatic carbocycles. The van der Waals surface area contributed by atoms with Crippen molar-refractivity contribution in [1.29, 1.82) is 0 Å². The topological polar surface area (TPSA) is 111 Å². The highest BCUT2D eigenvalue weighted by molar-refractivity contribution is 6.33. The number of halogens is 1. The Balaban J connectivity index is 1.67. The van der Waals surface area contributed by atoms with E-state index in [2.05, 4.69) is 10.4 Å². The molecule has 2 amide bonds. The van der Waals surface area contributed by atoms with Gasteiger partial charge < -0.3 is 15.0 Å². The summed E-state index contributed by atoms with van der Waals surface area (Å²) in [6, 6.07) is 13.3. The first kappa shape index (κ1) is 24.9. The third-order valence-electron chi connectivity index (χ3n) is 4.88. The Morgan fingerprint density at radius 2 is 1.74 bits per heavy atom. The maximum atomic E-state index is 12.8. The third kappa shape index (κ3) is 5.99. The molecule has 0 saturated heterocycles. The van der Waals surface area contributed by atoms with Gasteiger partial charge >= 0.3 is 5.97 Å². The summed E-state index contributed by atoms with van der Waals surface area (Å²) in [4.78, 5) is 51.3. The number of aromatic nitrogens is 2. The fourth-order valence-electron chi connectivity index (χ4n) is 3.22. The summed E-state index contributed by atoms with van der Waals surface area (Å²) in [6.07, 6.45) is 0. The van der Waals surface area contributed by atoms with Crippen LogP contribution in [0.4, 0.5) is 5.69 Å². The number of fused-ring (bicyclic) bond motifs is 1. The molecule has 0 unspecified atom stereocenters. The molecule has 0 radical (unpaired) electrons. The highest BCUT2D eigenvalue weighted by atomic mass is 35.5. The van der Waals surface area contributed by atoms with E-state index in [4.69, 9.17) is 16.3 Å². The summed E-state index contributed by atoms with van der Waals surface area (Å²) in [5.41, 5.74) is 0.0693. The maximum absolute atomic E-state index is 12.8. The van der Waals surface area contributed by atoms with Crippen molar-refractivity contribution in [3.8, 4) is 0 Å². The Labute approximate surface area is 201 Å². The number of nitrogens with one attached hydrogen (secondary N) is 1. The van der Waals surface area contributed by atoms with E-state index in [0.717, 1.165) is 4.90 Å². The normalized spacial score (nSPS) is 10.9. The van der Waals surface area contributed by atoms with Crippen LogP contribution in [0.1, 0.15) is 24.3 Å². The molecule has 10 heteroatoms. The van der Waals surface area contributed by atoms with Crippen LogP contribution in [0.2, 0.25) is 5.02 Å². The van der Waals surface area contributed by atoms with Crippen LogP contribution in [-0.2, 0) is 20.9 Å². The van der Waals surface area contributed by atoms with E-state index in [1.165, 1.54) is 11.7 Å². The number of esters is 1. The number of nitrogens with zero attached hydrogens (tertiary/aromatic N) is 3. The highest BCUT2D eigenvalue weighted by Crippen LogP contribution is 2.20. The van der Waals surface area contributed by atoms with Crippen molar-refractivity contribution in [1.82, 2.24) is 14.7 Å². The molecular weight excluding hydrogens is 460 g/mol. The molecule has 0 aliphatic heterocycles. The van der Waals surface area contributed by atoms with Gasteiger partial charge in [0.25, 0.3) is 11.5 Å². The highest BCUT2D eigenvalue weighted by Gasteiger charge is 2.21. The molecule has 0 aliphatic rings. The molecule has 9 nitrogen and oxygen atoms in total. The van der Waals surface area contributed by atoms with Crippen molar-refractivity contribution < 1.29 is 19.1 Å². The zero-order chi connectivity index (χ0) is 24.8. The summed E-state index contributed by atoms with van der Waals surface area (Å²) < 4.78 is 6.41. The number of para-hydroxylation sites is 1. The van der Waals surface area contributed by atoms with Gasteiger partial charge in [0, 0.05) is 19.0 Å². The fourth-order valence-corrected chi connectivity index (χ4v) is 3.40. The van der Waals surface area contributed by atoms with Gasteiger partial charge in [-0.1, -0.05) is 55.8 Å². The summed E-state index contributed by atoms with van der Waals surface area (Å²) in [5.74, 6) is -1.75. The molecule has 3 rings (SSSR count). The monoisotopic (exact) mass is 484 g/mol. The van der Waals surface area contributed by atoms with Crippen LogP contribution in [0.3, 0.4) is 0 Å². The molecule has 1 heterocycles. The van der Waals surface area contributed by atoms with E-state index in [9.17, 15) is 19.2 Å². The van der Waals surface area contributed by atoms with Crippen molar-refractivity contribution in [2.24, 2.45) is 5.92 Å². The predicted molar refractivity (Wildman–Crippen MR) is 129 cm³/mol. The van der Waals surface area contributed by atoms with E-state index >= 15 is 0 Å². The summed E-state index contributed by atoms with van der Waals surface area (Å²) in [6.45, 7) is 3.33. The SMILES string of the molecule is CC(C)Cn1nc(C(=O)OCC(=O)N(C)CC(=O)Nc2ccccc2Cl)c2ccccc2c1=O. The van der Waals surface area contributed by atoms with Crippen LogP contribution in [0.5, 0.6) is 0 Å². The number of ether oxygens (including phenoxy) is 1. The van der Waals surface area contributed by atoms with Gasteiger partial charge in [-0.15, -0.1) is 0 Å². The summed E-state index contributed by atoms with van der Waals surface area (Å²) >= 11 is 6.02. The standard InChI is InChI=1S/C24H25ClN4O5/c1-15(2)12-29-23(32)17-9-5-4-8-16(17)22(27-29)24(33)34-14-21(31)28(3)13-20(30)26-19-11-7-6-10-18(19)25/h4-11,15H,12-14H2,1-3H3,(H,26,30). The van der Waals surface area contributed by atoms with Crippen LogP contribution in [-0.4, -0.2) is 52.7 Å². The Bertz CT molecular complexity index is 1290. The van der Waals surface area contributed by atoms with Crippen molar-refractivity contribution in [2.75, 3.05) is 25.5 Å². The lowest BCUT2D eigenvalue weighted by Crippen LogP contribution is -2.37. The minimum atomic E-state index is -0.837. The van der Waals surface area contributed by atoms with Gasteiger partial charge in [-0.05, 0) is 24.1 Å². The number of benzene rings is 2. The summed E-state index contributed by atoms with van der Waals surface area (Å²) in [7, 11) is 1.42. The van der Waals surface area contributed by atoms with Gasteiger partial charge in [-0.3, -0.25) is 14.4 Å². The number of anilines is 1. The van der Waals surface area contributed by atoms with E-state index in [0.29, 0.717) is 28.0 Å². The van der Waals surface area contributed by atoms with Crippen LogP contribution >= 0.6 is 11.6 Å². The van der Waals surface area contributed by atoms with Gasteiger partial charge in [0.2, 0.25) is 5.91 Å². The van der Waals surface area contributed by atoms with Gasteiger partial charge in [0.15, 0.2) is 12.3 Å². The van der Waals surface area contributed by atoms with E-state index in [-0.39, 0.29) is 23.7 Å². The molecule has 0 bridgehead atoms. The number of amides is 2. The first-order chi connectivity index (χ1) is 16.2. The van der Waals surface area contributed by atoms with Crippen LogP contribution in [0.25, 0.3) is 10.8 Å². The first-order valence-corrected chi connectivity index (χ1v) is 11.0. The molecule has 0 fully saturated rings. The van der Waals surface area contributed by atoms with Crippen molar-refractivity contribution in [2.45, 2.75) is 20.4 Å². The number of hydrogen-bond donors (Lipinski definition) is 1. The van der Waals surface area contributed by atoms with Gasteiger partial charge in [-0.25, -0.2) is 9.48 Å². The minimum Gasteiger partial charge on any atom is -0.451 e. The molecular formula is C24H25ClN4O5. The van der Waals surface area contributed by atoms with E-state index < -0.39 is 24.4 Å². The van der Waals surface area contributed by atoms with Crippen molar-refractivity contribution in [3.05, 3.63) is 69.6 Å². The molecule has 178 valence electrons.